The predicted octanol–water partition coefficient (Wildman–Crippen LogP) is 3.37. The Morgan fingerprint density at radius 2 is 1.85 bits per heavy atom. The second kappa shape index (κ2) is 11.1. The van der Waals surface area contributed by atoms with Gasteiger partial charge in [0.15, 0.2) is 0 Å². The van der Waals surface area contributed by atoms with Crippen LogP contribution in [-0.2, 0) is 29.2 Å². The summed E-state index contributed by atoms with van der Waals surface area (Å²) < 4.78 is 2.16. The van der Waals surface area contributed by atoms with E-state index in [1.807, 2.05) is 48.7 Å². The predicted molar refractivity (Wildman–Crippen MR) is 131 cm³/mol. The van der Waals surface area contributed by atoms with Gasteiger partial charge in [-0.1, -0.05) is 55.0 Å². The highest BCUT2D eigenvalue weighted by atomic mass is 16.6. The third kappa shape index (κ3) is 5.56. The number of hydrogen-bond donors (Lipinski definition) is 3. The number of aromatic nitrogens is 1. The second-order valence-corrected chi connectivity index (χ2v) is 8.58. The topological polar surface area (TPSA) is 119 Å². The summed E-state index contributed by atoms with van der Waals surface area (Å²) in [7, 11) is 0. The van der Waals surface area contributed by atoms with Crippen LogP contribution in [0.15, 0.2) is 54.7 Å². The maximum atomic E-state index is 12.8. The van der Waals surface area contributed by atoms with E-state index in [4.69, 9.17) is 16.5 Å². The number of aryl methyl sites for hydroxylation is 2. The molecular weight excluding hydrogens is 432 g/mol. The SMILES string of the molecule is NN(CCCCCC(=O)NOCc1ccccc1)C(=O)N(N)c1cn2c3c(cccc13)CCC2. The third-order valence-electron chi connectivity index (χ3n) is 6.09. The van der Waals surface area contributed by atoms with Crippen LogP contribution in [0.1, 0.15) is 43.2 Å². The number of unbranched alkanes of at least 4 members (excludes halogenated alkanes) is 2. The summed E-state index contributed by atoms with van der Waals surface area (Å²) in [6.07, 6.45) is 6.46. The van der Waals surface area contributed by atoms with E-state index in [0.717, 1.165) is 52.3 Å². The molecule has 0 radical (unpaired) electrons. The Labute approximate surface area is 199 Å². The number of nitrogens with two attached hydrogens (primary N) is 2. The molecule has 3 amide bonds. The number of amides is 3. The Morgan fingerprint density at radius 3 is 2.68 bits per heavy atom. The summed E-state index contributed by atoms with van der Waals surface area (Å²) >= 11 is 0. The fourth-order valence-electron chi connectivity index (χ4n) is 4.34. The van der Waals surface area contributed by atoms with Crippen LogP contribution in [0.3, 0.4) is 0 Å². The number of rotatable bonds is 10. The van der Waals surface area contributed by atoms with Crippen molar-refractivity contribution in [3.63, 3.8) is 0 Å². The van der Waals surface area contributed by atoms with Gasteiger partial charge in [0, 0.05) is 31.1 Å². The Hall–Kier alpha value is -3.40. The monoisotopic (exact) mass is 464 g/mol. The number of hydrogen-bond acceptors (Lipinski definition) is 5. The zero-order valence-corrected chi connectivity index (χ0v) is 19.3. The summed E-state index contributed by atoms with van der Waals surface area (Å²) in [6, 6.07) is 15.3. The van der Waals surface area contributed by atoms with Crippen molar-refractivity contribution in [2.24, 2.45) is 11.7 Å². The van der Waals surface area contributed by atoms with Gasteiger partial charge in [-0.3, -0.25) is 14.6 Å². The smallest absolute Gasteiger partial charge is 0.345 e. The normalized spacial score (nSPS) is 12.5. The number of anilines is 1. The van der Waals surface area contributed by atoms with Gasteiger partial charge in [-0.25, -0.2) is 27.0 Å². The number of urea groups is 1. The van der Waals surface area contributed by atoms with E-state index < -0.39 is 6.03 Å². The van der Waals surface area contributed by atoms with E-state index in [9.17, 15) is 9.59 Å². The maximum Gasteiger partial charge on any atom is 0.353 e. The number of hydroxylamine groups is 1. The molecule has 4 rings (SSSR count). The summed E-state index contributed by atoms with van der Waals surface area (Å²) in [6.45, 7) is 1.59. The molecule has 5 N–H and O–H groups in total. The molecule has 0 unspecified atom stereocenters. The fraction of sp³-hybridized carbons (Fsp3) is 0.360. The van der Waals surface area contributed by atoms with Crippen molar-refractivity contribution >= 4 is 28.5 Å². The summed E-state index contributed by atoms with van der Waals surface area (Å²) in [5.74, 6) is 12.0. The van der Waals surface area contributed by atoms with Crippen LogP contribution in [0.2, 0.25) is 0 Å². The number of nitrogens with one attached hydrogen (secondary N) is 1. The van der Waals surface area contributed by atoms with E-state index in [2.05, 4.69) is 16.1 Å². The van der Waals surface area contributed by atoms with Crippen molar-refractivity contribution in [1.82, 2.24) is 15.1 Å². The van der Waals surface area contributed by atoms with Gasteiger partial charge in [-0.15, -0.1) is 0 Å². The molecule has 3 aromatic rings. The van der Waals surface area contributed by atoms with Gasteiger partial charge in [0.05, 0.1) is 17.8 Å². The fourth-order valence-corrected chi connectivity index (χ4v) is 4.34. The zero-order valence-electron chi connectivity index (χ0n) is 19.3. The van der Waals surface area contributed by atoms with Gasteiger partial charge in [-0.2, -0.15) is 0 Å². The first-order valence-electron chi connectivity index (χ1n) is 11.7. The number of benzene rings is 2. The van der Waals surface area contributed by atoms with Crippen LogP contribution in [-0.4, -0.2) is 28.1 Å². The summed E-state index contributed by atoms with van der Waals surface area (Å²) in [5.41, 5.74) is 6.52. The van der Waals surface area contributed by atoms with E-state index in [-0.39, 0.29) is 5.91 Å². The van der Waals surface area contributed by atoms with Crippen molar-refractivity contribution in [1.29, 1.82) is 0 Å². The second-order valence-electron chi connectivity index (χ2n) is 8.58. The van der Waals surface area contributed by atoms with Gasteiger partial charge in [0.2, 0.25) is 5.91 Å². The molecule has 0 atom stereocenters. The zero-order chi connectivity index (χ0) is 23.9. The molecule has 1 aromatic heterocycles. The minimum Gasteiger partial charge on any atom is -0.345 e. The van der Waals surface area contributed by atoms with Crippen LogP contribution in [0.4, 0.5) is 10.5 Å². The van der Waals surface area contributed by atoms with Crippen molar-refractivity contribution in [2.45, 2.75) is 51.7 Å². The molecule has 9 nitrogen and oxygen atoms in total. The number of nitrogens with zero attached hydrogens (tertiary/aromatic N) is 3. The Kier molecular flexibility index (Phi) is 7.79. The van der Waals surface area contributed by atoms with Crippen LogP contribution in [0.5, 0.6) is 0 Å². The quantitative estimate of drug-likeness (QED) is 0.184. The molecule has 1 aliphatic rings. The minimum absolute atomic E-state index is 0.169. The van der Waals surface area contributed by atoms with Gasteiger partial charge >= 0.3 is 6.03 Å². The molecule has 0 saturated heterocycles. The largest absolute Gasteiger partial charge is 0.353 e. The Balaban J connectivity index is 1.18. The lowest BCUT2D eigenvalue weighted by Crippen LogP contribution is -2.50. The average Bonchev–Trinajstić information content (AvgIpc) is 3.24. The molecule has 0 saturated carbocycles. The molecule has 0 fully saturated rings. The maximum absolute atomic E-state index is 12.8. The van der Waals surface area contributed by atoms with Crippen LogP contribution >= 0.6 is 0 Å². The van der Waals surface area contributed by atoms with Crippen LogP contribution in [0.25, 0.3) is 10.9 Å². The first-order valence-corrected chi connectivity index (χ1v) is 11.7. The Bertz CT molecular complexity index is 1130. The van der Waals surface area contributed by atoms with E-state index in [1.54, 1.807) is 0 Å². The van der Waals surface area contributed by atoms with E-state index >= 15 is 0 Å². The van der Waals surface area contributed by atoms with Gasteiger partial charge < -0.3 is 4.57 Å². The van der Waals surface area contributed by atoms with Gasteiger partial charge in [-0.05, 0) is 36.8 Å². The minimum atomic E-state index is -0.462. The molecule has 34 heavy (non-hydrogen) atoms. The molecule has 1 aliphatic heterocycles. The average molecular weight is 465 g/mol. The van der Waals surface area contributed by atoms with Gasteiger partial charge in [0.25, 0.3) is 0 Å². The molecule has 2 aromatic carbocycles. The van der Waals surface area contributed by atoms with Crippen molar-refractivity contribution < 1.29 is 14.4 Å². The molecular formula is C25H32N6O3. The number of para-hydroxylation sites is 1. The van der Waals surface area contributed by atoms with E-state index in [0.29, 0.717) is 38.1 Å². The molecule has 0 bridgehead atoms. The van der Waals surface area contributed by atoms with Crippen molar-refractivity contribution in [3.8, 4) is 0 Å². The number of carbonyl (C=O) groups excluding carboxylic acids is 2. The first-order chi connectivity index (χ1) is 16.5. The lowest BCUT2D eigenvalue weighted by Gasteiger charge is -2.23. The molecule has 180 valence electrons. The van der Waals surface area contributed by atoms with Crippen molar-refractivity contribution in [3.05, 3.63) is 65.9 Å². The lowest BCUT2D eigenvalue weighted by molar-refractivity contribution is -0.134. The van der Waals surface area contributed by atoms with Gasteiger partial charge in [0.1, 0.15) is 0 Å². The third-order valence-corrected chi connectivity index (χ3v) is 6.09. The number of carbonyl (C=O) groups is 2. The first kappa shape index (κ1) is 23.7. The molecule has 0 spiro atoms. The van der Waals surface area contributed by atoms with Crippen molar-refractivity contribution in [2.75, 3.05) is 11.6 Å². The molecule has 2 heterocycles. The number of hydrazine groups is 2. The highest BCUT2D eigenvalue weighted by molar-refractivity contribution is 6.03. The molecule has 0 aliphatic carbocycles. The van der Waals surface area contributed by atoms with Crippen LogP contribution < -0.4 is 22.2 Å². The summed E-state index contributed by atoms with van der Waals surface area (Å²) in [4.78, 5) is 29.9. The van der Waals surface area contributed by atoms with Crippen LogP contribution in [0, 0.1) is 0 Å². The van der Waals surface area contributed by atoms with E-state index in [1.165, 1.54) is 5.56 Å². The Morgan fingerprint density at radius 1 is 1.03 bits per heavy atom. The molecule has 9 heteroatoms. The standard InChI is InChI=1S/C25H32N6O3/c26-30(16-6-2-5-14-23(32)28-34-18-19-9-3-1-4-10-19)25(33)31(27)22-17-29-15-8-12-20-11-7-13-21(22)24(20)29/h1,3-4,7,9-11,13,17H,2,5-6,8,12,14-16,18,26-27H2,(H,28,32). The highest BCUT2D eigenvalue weighted by Gasteiger charge is 2.23. The highest BCUT2D eigenvalue weighted by Crippen LogP contribution is 2.33. The lowest BCUT2D eigenvalue weighted by atomic mass is 10.0. The summed E-state index contributed by atoms with van der Waals surface area (Å²) in [5, 5.41) is 3.23.